The quantitative estimate of drug-likeness (QED) is 0.325. The lowest BCUT2D eigenvalue weighted by molar-refractivity contribution is -0.385. The van der Waals surface area contributed by atoms with Crippen molar-refractivity contribution in [3.8, 4) is 0 Å². The maximum absolute atomic E-state index is 12.7. The van der Waals surface area contributed by atoms with E-state index >= 15 is 0 Å². The largest absolute Gasteiger partial charge is 0.295 e. The van der Waals surface area contributed by atoms with Gasteiger partial charge >= 0.3 is 0 Å². The van der Waals surface area contributed by atoms with Gasteiger partial charge in [0.1, 0.15) is 10.7 Å². The summed E-state index contributed by atoms with van der Waals surface area (Å²) in [6.45, 7) is 0. The Hall–Kier alpha value is -3.90. The van der Waals surface area contributed by atoms with Crippen LogP contribution >= 0.6 is 23.5 Å². The highest BCUT2D eigenvalue weighted by molar-refractivity contribution is 8.01. The summed E-state index contributed by atoms with van der Waals surface area (Å²) in [5, 5.41) is 21.6. The standard InChI is InChI=1S/C24H18N4O6S2/c29-21-13-35-23(15-3-1-5-19(11-15)27(31)32)25(21)17-7-9-18(10-8-17)26-22(30)14-36-24(26)16-4-2-6-20(12-16)28(33)34/h1-12,23-24H,13-14H2/t23-,24+. The highest BCUT2D eigenvalue weighted by atomic mass is 32.2. The molecule has 10 nitrogen and oxygen atoms in total. The lowest BCUT2D eigenvalue weighted by Gasteiger charge is -2.27. The predicted octanol–water partition coefficient (Wildman–Crippen LogP) is 5.06. The zero-order valence-corrected chi connectivity index (χ0v) is 20.2. The van der Waals surface area contributed by atoms with Crippen LogP contribution in [0.3, 0.4) is 0 Å². The number of carbonyl (C=O) groups is 2. The topological polar surface area (TPSA) is 127 Å². The number of carbonyl (C=O) groups excluding carboxylic acids is 2. The molecule has 0 aromatic heterocycles. The van der Waals surface area contributed by atoms with E-state index in [1.54, 1.807) is 58.3 Å². The number of amides is 2. The molecule has 3 aromatic carbocycles. The monoisotopic (exact) mass is 522 g/mol. The number of rotatable bonds is 6. The minimum Gasteiger partial charge on any atom is -0.295 e. The van der Waals surface area contributed by atoms with E-state index in [0.717, 1.165) is 0 Å². The molecule has 0 spiro atoms. The van der Waals surface area contributed by atoms with Crippen LogP contribution in [0.25, 0.3) is 0 Å². The molecule has 2 fully saturated rings. The molecule has 36 heavy (non-hydrogen) atoms. The van der Waals surface area contributed by atoms with Crippen molar-refractivity contribution in [3.63, 3.8) is 0 Å². The van der Waals surface area contributed by atoms with Gasteiger partial charge in [0.15, 0.2) is 0 Å². The molecule has 2 atom stereocenters. The summed E-state index contributed by atoms with van der Waals surface area (Å²) in [5.41, 5.74) is 2.44. The van der Waals surface area contributed by atoms with Gasteiger partial charge in [0, 0.05) is 35.6 Å². The van der Waals surface area contributed by atoms with Crippen molar-refractivity contribution in [2.75, 3.05) is 21.3 Å². The molecule has 0 N–H and O–H groups in total. The zero-order valence-electron chi connectivity index (χ0n) is 18.6. The fourth-order valence-corrected chi connectivity index (χ4v) is 6.59. The number of nitro benzene ring substituents is 2. The molecule has 5 rings (SSSR count). The van der Waals surface area contributed by atoms with Crippen molar-refractivity contribution in [3.05, 3.63) is 104 Å². The molecule has 2 aliphatic rings. The first-order chi connectivity index (χ1) is 17.3. The van der Waals surface area contributed by atoms with Gasteiger partial charge in [0.05, 0.1) is 21.4 Å². The fourth-order valence-electron chi connectivity index (χ4n) is 4.26. The molecule has 0 radical (unpaired) electrons. The average Bonchev–Trinajstić information content (AvgIpc) is 3.46. The van der Waals surface area contributed by atoms with E-state index in [1.165, 1.54) is 47.8 Å². The van der Waals surface area contributed by atoms with Crippen molar-refractivity contribution in [1.82, 2.24) is 0 Å². The number of nitrogens with zero attached hydrogens (tertiary/aromatic N) is 4. The smallest absolute Gasteiger partial charge is 0.269 e. The van der Waals surface area contributed by atoms with Crippen LogP contribution in [0.5, 0.6) is 0 Å². The summed E-state index contributed by atoms with van der Waals surface area (Å²) in [4.78, 5) is 50.2. The van der Waals surface area contributed by atoms with Crippen LogP contribution < -0.4 is 9.80 Å². The van der Waals surface area contributed by atoms with E-state index in [9.17, 15) is 29.8 Å². The summed E-state index contributed by atoms with van der Waals surface area (Å²) in [6, 6.07) is 19.4. The molecule has 0 aliphatic carbocycles. The Kier molecular flexibility index (Phi) is 6.37. The number of non-ortho nitro benzene ring substituents is 2. The van der Waals surface area contributed by atoms with Gasteiger partial charge in [0.2, 0.25) is 11.8 Å². The second-order valence-corrected chi connectivity index (χ2v) is 10.2. The molecule has 0 saturated carbocycles. The van der Waals surface area contributed by atoms with Crippen molar-refractivity contribution < 1.29 is 19.4 Å². The van der Waals surface area contributed by atoms with E-state index in [-0.39, 0.29) is 34.7 Å². The van der Waals surface area contributed by atoms with Gasteiger partial charge in [-0.2, -0.15) is 0 Å². The molecule has 182 valence electrons. The van der Waals surface area contributed by atoms with Gasteiger partial charge in [-0.3, -0.25) is 39.6 Å². The number of hydrogen-bond acceptors (Lipinski definition) is 8. The third kappa shape index (κ3) is 4.40. The van der Waals surface area contributed by atoms with Crippen LogP contribution in [-0.2, 0) is 9.59 Å². The van der Waals surface area contributed by atoms with Crippen LogP contribution in [0.4, 0.5) is 22.7 Å². The Balaban J connectivity index is 1.43. The number of benzene rings is 3. The van der Waals surface area contributed by atoms with Crippen LogP contribution in [0.2, 0.25) is 0 Å². The van der Waals surface area contributed by atoms with Crippen molar-refractivity contribution in [1.29, 1.82) is 0 Å². The lowest BCUT2D eigenvalue weighted by atomic mass is 10.1. The Bertz CT molecular complexity index is 1280. The van der Waals surface area contributed by atoms with Gasteiger partial charge in [-0.25, -0.2) is 0 Å². The molecule has 12 heteroatoms. The van der Waals surface area contributed by atoms with E-state index in [2.05, 4.69) is 0 Å². The lowest BCUT2D eigenvalue weighted by Crippen LogP contribution is -2.29. The molecule has 2 heterocycles. The zero-order chi connectivity index (χ0) is 25.4. The second-order valence-electron chi connectivity index (χ2n) is 8.07. The minimum atomic E-state index is -0.465. The highest BCUT2D eigenvalue weighted by Crippen LogP contribution is 2.45. The van der Waals surface area contributed by atoms with Crippen LogP contribution in [-0.4, -0.2) is 33.2 Å². The second kappa shape index (κ2) is 9.63. The minimum absolute atomic E-state index is 0.0417. The summed E-state index contributed by atoms with van der Waals surface area (Å²) < 4.78 is 0. The van der Waals surface area contributed by atoms with Gasteiger partial charge in [-0.15, -0.1) is 23.5 Å². The SMILES string of the molecule is O=C1CS[C@H](c2cccc([N+](=O)[O-])c2)N1c1ccc(N2C(=O)CS[C@H]2c2cccc([N+](=O)[O-])c2)cc1. The van der Waals surface area contributed by atoms with E-state index in [4.69, 9.17) is 0 Å². The third-order valence-corrected chi connectivity index (χ3v) is 8.30. The molecule has 2 aliphatic heterocycles. The van der Waals surface area contributed by atoms with Crippen LogP contribution in [0.15, 0.2) is 72.8 Å². The van der Waals surface area contributed by atoms with E-state index < -0.39 is 20.6 Å². The fraction of sp³-hybridized carbons (Fsp3) is 0.167. The first-order valence-corrected chi connectivity index (χ1v) is 12.9. The van der Waals surface area contributed by atoms with Crippen molar-refractivity contribution in [2.45, 2.75) is 10.7 Å². The molecule has 0 unspecified atom stereocenters. The first-order valence-electron chi connectivity index (χ1n) is 10.8. The molecule has 3 aromatic rings. The maximum Gasteiger partial charge on any atom is 0.269 e. The predicted molar refractivity (Wildman–Crippen MR) is 138 cm³/mol. The molecular formula is C24H18N4O6S2. The summed E-state index contributed by atoms with van der Waals surface area (Å²) in [7, 11) is 0. The molecule has 2 amide bonds. The average molecular weight is 523 g/mol. The molecule has 2 saturated heterocycles. The normalized spacial score (nSPS) is 19.7. The van der Waals surface area contributed by atoms with Gasteiger partial charge < -0.3 is 0 Å². The summed E-state index contributed by atoms with van der Waals surface area (Å²) in [5.74, 6) is 0.245. The summed E-state index contributed by atoms with van der Waals surface area (Å²) in [6.07, 6.45) is 0. The first kappa shape index (κ1) is 23.8. The molecular weight excluding hydrogens is 504 g/mol. The number of nitro groups is 2. The van der Waals surface area contributed by atoms with Crippen LogP contribution in [0, 0.1) is 20.2 Å². The highest BCUT2D eigenvalue weighted by Gasteiger charge is 2.37. The van der Waals surface area contributed by atoms with Gasteiger partial charge in [-0.1, -0.05) is 24.3 Å². The van der Waals surface area contributed by atoms with E-state index in [0.29, 0.717) is 22.5 Å². The van der Waals surface area contributed by atoms with Crippen molar-refractivity contribution in [2.24, 2.45) is 0 Å². The van der Waals surface area contributed by atoms with Crippen LogP contribution in [0.1, 0.15) is 21.9 Å². The molecule has 0 bridgehead atoms. The van der Waals surface area contributed by atoms with Gasteiger partial charge in [0.25, 0.3) is 11.4 Å². The number of anilines is 2. The Morgan fingerprint density at radius 3 is 1.42 bits per heavy atom. The number of thioether (sulfide) groups is 2. The third-order valence-electron chi connectivity index (χ3n) is 5.87. The Morgan fingerprint density at radius 2 is 1.06 bits per heavy atom. The maximum atomic E-state index is 12.7. The van der Waals surface area contributed by atoms with Crippen molar-refractivity contribution >= 4 is 58.1 Å². The summed E-state index contributed by atoms with van der Waals surface area (Å²) >= 11 is 2.78. The number of hydrogen-bond donors (Lipinski definition) is 0. The Morgan fingerprint density at radius 1 is 0.667 bits per heavy atom. The Labute approximate surface area is 213 Å². The van der Waals surface area contributed by atoms with E-state index in [1.807, 2.05) is 0 Å². The van der Waals surface area contributed by atoms with Gasteiger partial charge in [-0.05, 0) is 35.4 Å².